The van der Waals surface area contributed by atoms with Crippen LogP contribution in [0.4, 0.5) is 24.5 Å². The van der Waals surface area contributed by atoms with Crippen molar-refractivity contribution < 1.29 is 18.0 Å². The van der Waals surface area contributed by atoms with Crippen LogP contribution in [-0.4, -0.2) is 49.6 Å². The summed E-state index contributed by atoms with van der Waals surface area (Å²) in [6, 6.07) is 3.82. The van der Waals surface area contributed by atoms with Gasteiger partial charge in [0.1, 0.15) is 0 Å². The highest BCUT2D eigenvalue weighted by atomic mass is 19.4. The van der Waals surface area contributed by atoms with Crippen LogP contribution in [0.1, 0.15) is 25.8 Å². The van der Waals surface area contributed by atoms with Crippen LogP contribution in [0.3, 0.4) is 0 Å². The van der Waals surface area contributed by atoms with Crippen LogP contribution < -0.4 is 10.2 Å². The van der Waals surface area contributed by atoms with Crippen molar-refractivity contribution in [2.24, 2.45) is 0 Å². The van der Waals surface area contributed by atoms with Crippen molar-refractivity contribution in [1.82, 2.24) is 4.90 Å². The maximum atomic E-state index is 13.5. The second kappa shape index (κ2) is 7.21. The van der Waals surface area contributed by atoms with Crippen molar-refractivity contribution in [1.29, 1.82) is 0 Å². The van der Waals surface area contributed by atoms with Gasteiger partial charge in [0, 0.05) is 31.0 Å². The molecule has 2 N–H and O–H groups in total. The van der Waals surface area contributed by atoms with E-state index in [9.17, 15) is 18.0 Å². The summed E-state index contributed by atoms with van der Waals surface area (Å²) in [4.78, 5) is 15.7. The molecule has 0 atom stereocenters. The molecule has 1 aliphatic heterocycles. The lowest BCUT2D eigenvalue weighted by Crippen LogP contribution is -2.33. The number of alkyl halides is 3. The lowest BCUT2D eigenvalue weighted by atomic mass is 10.1. The van der Waals surface area contributed by atoms with Crippen molar-refractivity contribution in [3.8, 4) is 0 Å². The summed E-state index contributed by atoms with van der Waals surface area (Å²) >= 11 is 0. The van der Waals surface area contributed by atoms with Gasteiger partial charge in [-0.25, -0.2) is 0 Å². The molecule has 1 aliphatic rings. The maximum Gasteiger partial charge on any atom is 0.418 e. The molecule has 8 heteroatoms. The molecular weight excluding hydrogens is 333 g/mol. The normalized spacial score (nSPS) is 17.3. The summed E-state index contributed by atoms with van der Waals surface area (Å²) in [5.74, 6) is -0.648. The van der Waals surface area contributed by atoms with E-state index in [0.29, 0.717) is 19.6 Å². The van der Waals surface area contributed by atoms with Crippen LogP contribution in [0.25, 0.3) is 5.73 Å². The Bertz CT molecular complexity index is 625. The Morgan fingerprint density at radius 3 is 2.44 bits per heavy atom. The van der Waals surface area contributed by atoms with E-state index in [1.54, 1.807) is 4.90 Å². The van der Waals surface area contributed by atoms with Gasteiger partial charge in [-0.05, 0) is 43.8 Å². The second-order valence-corrected chi connectivity index (χ2v) is 6.95. The maximum absolute atomic E-state index is 13.5. The zero-order valence-corrected chi connectivity index (χ0v) is 14.7. The Morgan fingerprint density at radius 1 is 1.16 bits per heavy atom. The molecule has 1 heterocycles. The number of hydrogen-bond donors (Lipinski definition) is 1. The summed E-state index contributed by atoms with van der Waals surface area (Å²) in [5.41, 5.74) is 5.65. The highest BCUT2D eigenvalue weighted by Gasteiger charge is 2.35. The summed E-state index contributed by atoms with van der Waals surface area (Å²) in [6.07, 6.45) is -3.73. The number of benzene rings is 1. The molecular formula is C17H24F3N4O-. The number of nitrogens with one attached hydrogen (secondary N) is 2. The number of likely N-dealkylation sites (N-methyl/N-ethyl adjacent to an activating group) is 1. The fraction of sp³-hybridized carbons (Fsp3) is 0.588. The third-order valence-electron chi connectivity index (χ3n) is 4.19. The first-order valence-electron chi connectivity index (χ1n) is 8.19. The third kappa shape index (κ3) is 5.09. The molecule has 0 spiro atoms. The van der Waals surface area contributed by atoms with Gasteiger partial charge in [0.15, 0.2) is 0 Å². The van der Waals surface area contributed by atoms with Gasteiger partial charge in [-0.3, -0.25) is 4.79 Å². The standard InChI is InChI=1S/C17H24F3N4O/c1-16(2,21)15(25)22-12-5-6-14(13(11-12)17(18,19)20)24-8-4-7-23(3)9-10-24/h5-6,11,21H,4,7-10H2,1-3H3,(H,22,25)/q-1. The van der Waals surface area contributed by atoms with Gasteiger partial charge in [0.25, 0.3) is 0 Å². The Kier molecular flexibility index (Phi) is 5.63. The average molecular weight is 357 g/mol. The minimum absolute atomic E-state index is 0.0494. The predicted octanol–water partition coefficient (Wildman–Crippen LogP) is 3.62. The summed E-state index contributed by atoms with van der Waals surface area (Å²) in [6.45, 7) is 5.39. The van der Waals surface area contributed by atoms with E-state index in [-0.39, 0.29) is 11.4 Å². The number of amides is 1. The first-order valence-corrected chi connectivity index (χ1v) is 8.19. The van der Waals surface area contributed by atoms with Crippen LogP contribution in [-0.2, 0) is 11.0 Å². The van der Waals surface area contributed by atoms with Crippen molar-refractivity contribution >= 4 is 17.3 Å². The van der Waals surface area contributed by atoms with Crippen LogP contribution in [0.2, 0.25) is 0 Å². The fourth-order valence-corrected chi connectivity index (χ4v) is 2.69. The Balaban J connectivity index is 2.33. The Hall–Kier alpha value is -1.80. The zero-order valence-electron chi connectivity index (χ0n) is 14.7. The van der Waals surface area contributed by atoms with Crippen molar-refractivity contribution in [2.45, 2.75) is 32.0 Å². The molecule has 1 amide bonds. The van der Waals surface area contributed by atoms with Crippen LogP contribution in [0.15, 0.2) is 18.2 Å². The number of anilines is 2. The largest absolute Gasteiger partial charge is 0.664 e. The van der Waals surface area contributed by atoms with E-state index in [2.05, 4.69) is 10.2 Å². The van der Waals surface area contributed by atoms with Crippen LogP contribution >= 0.6 is 0 Å². The van der Waals surface area contributed by atoms with E-state index in [0.717, 1.165) is 19.0 Å². The molecule has 1 saturated heterocycles. The van der Waals surface area contributed by atoms with Gasteiger partial charge in [-0.1, -0.05) is 13.8 Å². The quantitative estimate of drug-likeness (QED) is 0.899. The molecule has 1 aromatic rings. The molecule has 0 unspecified atom stereocenters. The summed E-state index contributed by atoms with van der Waals surface area (Å²) in [5, 5.41) is 2.39. The number of carbonyl (C=O) groups excluding carboxylic acids is 1. The third-order valence-corrected chi connectivity index (χ3v) is 4.19. The topological polar surface area (TPSA) is 59.4 Å². The Labute approximate surface area is 146 Å². The van der Waals surface area contributed by atoms with E-state index in [1.807, 2.05) is 7.05 Å². The number of halogens is 3. The van der Waals surface area contributed by atoms with Crippen LogP contribution in [0, 0.1) is 0 Å². The Morgan fingerprint density at radius 2 is 1.84 bits per heavy atom. The zero-order chi connectivity index (χ0) is 18.8. The van der Waals surface area contributed by atoms with E-state index in [4.69, 9.17) is 5.73 Å². The molecule has 0 aromatic heterocycles. The highest BCUT2D eigenvalue weighted by molar-refractivity contribution is 5.98. The fourth-order valence-electron chi connectivity index (χ4n) is 2.69. The SMILES string of the molecule is CN1CCCN(c2ccc(NC(=O)C(C)(C)[NH-])cc2C(F)(F)F)CC1. The van der Waals surface area contributed by atoms with Gasteiger partial charge in [0.2, 0.25) is 5.91 Å². The minimum atomic E-state index is -4.52. The molecule has 0 radical (unpaired) electrons. The van der Waals surface area contributed by atoms with Crippen molar-refractivity contribution in [3.63, 3.8) is 0 Å². The smallest absolute Gasteiger partial charge is 0.418 e. The first-order chi connectivity index (χ1) is 11.5. The highest BCUT2D eigenvalue weighted by Crippen LogP contribution is 2.38. The molecule has 25 heavy (non-hydrogen) atoms. The van der Waals surface area contributed by atoms with Gasteiger partial charge in [-0.2, -0.15) is 13.2 Å². The average Bonchev–Trinajstić information content (AvgIpc) is 2.70. The van der Waals surface area contributed by atoms with Crippen molar-refractivity contribution in [2.75, 3.05) is 43.4 Å². The van der Waals surface area contributed by atoms with Gasteiger partial charge < -0.3 is 20.9 Å². The summed E-state index contributed by atoms with van der Waals surface area (Å²) < 4.78 is 40.6. The molecule has 0 saturated carbocycles. The molecule has 5 nitrogen and oxygen atoms in total. The van der Waals surface area contributed by atoms with Gasteiger partial charge >= 0.3 is 6.18 Å². The molecule has 0 bridgehead atoms. The first kappa shape index (κ1) is 19.5. The predicted molar refractivity (Wildman–Crippen MR) is 92.8 cm³/mol. The summed E-state index contributed by atoms with van der Waals surface area (Å²) in [7, 11) is 1.95. The monoisotopic (exact) mass is 357 g/mol. The molecule has 0 aliphatic carbocycles. The number of rotatable bonds is 3. The van der Waals surface area contributed by atoms with Gasteiger partial charge in [0.05, 0.1) is 5.56 Å². The molecule has 140 valence electrons. The molecule has 2 rings (SSSR count). The lowest BCUT2D eigenvalue weighted by molar-refractivity contribution is -0.137. The number of nitrogens with zero attached hydrogens (tertiary/aromatic N) is 2. The minimum Gasteiger partial charge on any atom is -0.664 e. The van der Waals surface area contributed by atoms with Gasteiger partial charge in [-0.15, -0.1) is 0 Å². The lowest BCUT2D eigenvalue weighted by Gasteiger charge is -2.29. The second-order valence-electron chi connectivity index (χ2n) is 6.95. The number of carbonyl (C=O) groups is 1. The van der Waals surface area contributed by atoms with E-state index >= 15 is 0 Å². The van der Waals surface area contributed by atoms with Crippen LogP contribution in [0.5, 0.6) is 0 Å². The van der Waals surface area contributed by atoms with Crippen molar-refractivity contribution in [3.05, 3.63) is 29.5 Å². The molecule has 1 fully saturated rings. The molecule has 1 aromatic carbocycles. The van der Waals surface area contributed by atoms with E-state index < -0.39 is 23.2 Å². The number of hydrogen-bond acceptors (Lipinski definition) is 3. The van der Waals surface area contributed by atoms with E-state index in [1.165, 1.54) is 26.0 Å².